The summed E-state index contributed by atoms with van der Waals surface area (Å²) in [5.74, 6) is 0.436. The monoisotopic (exact) mass is 362 g/mol. The highest BCUT2D eigenvalue weighted by Crippen LogP contribution is 2.13. The number of nitrogens with two attached hydrogens (primary N) is 1. The first-order valence-corrected chi connectivity index (χ1v) is 9.26. The van der Waals surface area contributed by atoms with Gasteiger partial charge in [-0.25, -0.2) is 9.79 Å². The number of carbonyl (C=O) groups excluding carboxylic acids is 1. The molecular weight excluding hydrogens is 332 g/mol. The molecule has 0 spiro atoms. The lowest BCUT2D eigenvalue weighted by molar-refractivity contribution is 0.0963. The maximum atomic E-state index is 11.7. The minimum atomic E-state index is -0.238. The minimum absolute atomic E-state index is 0.225. The fourth-order valence-corrected chi connectivity index (χ4v) is 2.91. The van der Waals surface area contributed by atoms with Gasteiger partial charge in [-0.1, -0.05) is 24.3 Å². The van der Waals surface area contributed by atoms with Crippen LogP contribution >= 0.6 is 0 Å². The summed E-state index contributed by atoms with van der Waals surface area (Å²) in [5, 5.41) is 3.26. The van der Waals surface area contributed by atoms with Crippen LogP contribution in [-0.4, -0.2) is 49.3 Å². The van der Waals surface area contributed by atoms with Crippen LogP contribution in [0.4, 0.5) is 4.79 Å². The summed E-state index contributed by atoms with van der Waals surface area (Å²) < 4.78 is 10.5. The van der Waals surface area contributed by atoms with Crippen molar-refractivity contribution in [1.82, 2.24) is 10.2 Å². The molecule has 2 rings (SSSR count). The number of guanidine groups is 1. The predicted octanol–water partition coefficient (Wildman–Crippen LogP) is 2.25. The highest BCUT2D eigenvalue weighted by molar-refractivity contribution is 5.78. The highest BCUT2D eigenvalue weighted by Gasteiger charge is 2.23. The first kappa shape index (κ1) is 20.0. The maximum Gasteiger partial charge on any atom is 0.409 e. The van der Waals surface area contributed by atoms with Crippen molar-refractivity contribution in [3.63, 3.8) is 0 Å². The van der Waals surface area contributed by atoms with Crippen molar-refractivity contribution < 1.29 is 14.3 Å². The van der Waals surface area contributed by atoms with Crippen molar-refractivity contribution in [2.24, 2.45) is 10.7 Å². The van der Waals surface area contributed by atoms with Gasteiger partial charge < -0.3 is 25.4 Å². The van der Waals surface area contributed by atoms with Crippen LogP contribution < -0.4 is 11.1 Å². The van der Waals surface area contributed by atoms with Gasteiger partial charge in [0.2, 0.25) is 0 Å². The van der Waals surface area contributed by atoms with Crippen molar-refractivity contribution in [2.75, 3.05) is 26.3 Å². The third kappa shape index (κ3) is 6.22. The second-order valence-corrected chi connectivity index (χ2v) is 6.21. The number of hydrogen-bond acceptors (Lipinski definition) is 4. The van der Waals surface area contributed by atoms with Crippen LogP contribution in [0.5, 0.6) is 0 Å². The summed E-state index contributed by atoms with van der Waals surface area (Å²) in [6.07, 6.45) is 1.42. The van der Waals surface area contributed by atoms with Gasteiger partial charge >= 0.3 is 6.09 Å². The zero-order chi connectivity index (χ0) is 18.8. The number of hydrogen-bond donors (Lipinski definition) is 2. The van der Waals surface area contributed by atoms with Crippen molar-refractivity contribution in [1.29, 1.82) is 0 Å². The molecule has 0 saturated carbocycles. The molecule has 0 bridgehead atoms. The van der Waals surface area contributed by atoms with Crippen LogP contribution in [0, 0.1) is 0 Å². The number of carbonyl (C=O) groups is 1. The van der Waals surface area contributed by atoms with Crippen molar-refractivity contribution in [3.8, 4) is 0 Å². The van der Waals surface area contributed by atoms with Gasteiger partial charge in [0, 0.05) is 25.7 Å². The third-order valence-corrected chi connectivity index (χ3v) is 4.37. The van der Waals surface area contributed by atoms with E-state index in [0.29, 0.717) is 45.4 Å². The molecule has 0 aromatic heterocycles. The third-order valence-electron chi connectivity index (χ3n) is 4.37. The molecule has 1 fully saturated rings. The zero-order valence-electron chi connectivity index (χ0n) is 15.7. The normalized spacial score (nSPS) is 15.8. The van der Waals surface area contributed by atoms with Gasteiger partial charge in [0.25, 0.3) is 0 Å². The summed E-state index contributed by atoms with van der Waals surface area (Å²) in [7, 11) is 0. The zero-order valence-corrected chi connectivity index (χ0v) is 15.7. The van der Waals surface area contributed by atoms with E-state index in [2.05, 4.69) is 16.4 Å². The second kappa shape index (κ2) is 10.7. The Morgan fingerprint density at radius 3 is 2.58 bits per heavy atom. The fourth-order valence-electron chi connectivity index (χ4n) is 2.91. The smallest absolute Gasteiger partial charge is 0.409 e. The Hall–Kier alpha value is -2.28. The van der Waals surface area contributed by atoms with Crippen LogP contribution in [0.1, 0.15) is 37.8 Å². The number of piperidine rings is 1. The molecule has 1 aromatic rings. The van der Waals surface area contributed by atoms with E-state index in [-0.39, 0.29) is 12.1 Å². The Bertz CT molecular complexity index is 598. The average molecular weight is 362 g/mol. The maximum absolute atomic E-state index is 11.7. The number of nitrogens with zero attached hydrogens (tertiary/aromatic N) is 2. The lowest BCUT2D eigenvalue weighted by Crippen LogP contribution is -2.48. The van der Waals surface area contributed by atoms with Gasteiger partial charge in [0.05, 0.1) is 19.8 Å². The van der Waals surface area contributed by atoms with E-state index in [1.165, 1.54) is 0 Å². The number of benzene rings is 1. The average Bonchev–Trinajstić information content (AvgIpc) is 2.66. The molecular formula is C19H30N4O3. The number of rotatable bonds is 7. The molecule has 0 atom stereocenters. The van der Waals surface area contributed by atoms with Gasteiger partial charge in [-0.2, -0.15) is 0 Å². The Labute approximate surface area is 155 Å². The molecule has 26 heavy (non-hydrogen) atoms. The summed E-state index contributed by atoms with van der Waals surface area (Å²) in [5.41, 5.74) is 8.29. The standard InChI is InChI=1S/C19H30N4O3/c1-3-25-14-16-8-6-5-7-15(16)13-21-18(20)22-17-9-11-23(12-10-17)19(24)26-4-2/h5-8,17H,3-4,9-14H2,1-2H3,(H3,20,21,22). The van der Waals surface area contributed by atoms with E-state index < -0.39 is 0 Å². The first-order chi connectivity index (χ1) is 12.6. The van der Waals surface area contributed by atoms with Crippen LogP contribution in [0.2, 0.25) is 0 Å². The number of aliphatic imine (C=N–C) groups is 1. The molecule has 0 aliphatic carbocycles. The number of likely N-dealkylation sites (tertiary alicyclic amines) is 1. The van der Waals surface area contributed by atoms with Crippen LogP contribution in [0.15, 0.2) is 29.3 Å². The predicted molar refractivity (Wildman–Crippen MR) is 102 cm³/mol. The number of ether oxygens (including phenoxy) is 2. The Balaban J connectivity index is 1.81. The Morgan fingerprint density at radius 2 is 1.92 bits per heavy atom. The second-order valence-electron chi connectivity index (χ2n) is 6.21. The molecule has 1 heterocycles. The van der Waals surface area contributed by atoms with Crippen LogP contribution in [0.25, 0.3) is 0 Å². The largest absolute Gasteiger partial charge is 0.450 e. The minimum Gasteiger partial charge on any atom is -0.450 e. The molecule has 0 unspecified atom stereocenters. The van der Waals surface area contributed by atoms with Crippen LogP contribution in [0.3, 0.4) is 0 Å². The first-order valence-electron chi connectivity index (χ1n) is 9.26. The van der Waals surface area contributed by atoms with Gasteiger partial charge in [-0.15, -0.1) is 0 Å². The molecule has 1 saturated heterocycles. The van der Waals surface area contributed by atoms with E-state index in [0.717, 1.165) is 24.0 Å². The Kier molecular flexibility index (Phi) is 8.21. The molecule has 1 aliphatic heterocycles. The fraction of sp³-hybridized carbons (Fsp3) is 0.579. The summed E-state index contributed by atoms with van der Waals surface area (Å²) in [4.78, 5) is 17.9. The van der Waals surface area contributed by atoms with Crippen LogP contribution in [-0.2, 0) is 22.6 Å². The number of nitrogens with one attached hydrogen (secondary N) is 1. The van der Waals surface area contributed by atoms with E-state index >= 15 is 0 Å². The van der Waals surface area contributed by atoms with Gasteiger partial charge in [0.15, 0.2) is 5.96 Å². The van der Waals surface area contributed by atoms with Gasteiger partial charge in [0.1, 0.15) is 0 Å². The van der Waals surface area contributed by atoms with Crippen molar-refractivity contribution in [3.05, 3.63) is 35.4 Å². The Morgan fingerprint density at radius 1 is 1.23 bits per heavy atom. The van der Waals surface area contributed by atoms with Gasteiger partial charge in [-0.3, -0.25) is 0 Å². The van der Waals surface area contributed by atoms with E-state index in [4.69, 9.17) is 15.2 Å². The van der Waals surface area contributed by atoms with Crippen molar-refractivity contribution in [2.45, 2.75) is 45.9 Å². The van der Waals surface area contributed by atoms with Gasteiger partial charge in [-0.05, 0) is 37.8 Å². The highest BCUT2D eigenvalue weighted by atomic mass is 16.6. The molecule has 7 nitrogen and oxygen atoms in total. The molecule has 0 radical (unpaired) electrons. The molecule has 1 aromatic carbocycles. The molecule has 144 valence electrons. The lowest BCUT2D eigenvalue weighted by Gasteiger charge is -2.31. The van der Waals surface area contributed by atoms with E-state index in [9.17, 15) is 4.79 Å². The summed E-state index contributed by atoms with van der Waals surface area (Å²) in [6, 6.07) is 8.32. The number of amides is 1. The molecule has 1 amide bonds. The van der Waals surface area contributed by atoms with E-state index in [1.807, 2.05) is 32.0 Å². The van der Waals surface area contributed by atoms with E-state index in [1.54, 1.807) is 4.90 Å². The summed E-state index contributed by atoms with van der Waals surface area (Å²) in [6.45, 7) is 7.33. The summed E-state index contributed by atoms with van der Waals surface area (Å²) >= 11 is 0. The molecule has 1 aliphatic rings. The molecule has 3 N–H and O–H groups in total. The quantitative estimate of drug-likeness (QED) is 0.574. The SMILES string of the molecule is CCOCc1ccccc1CN=C(N)NC1CCN(C(=O)OCC)CC1. The molecule has 7 heteroatoms. The topological polar surface area (TPSA) is 89.2 Å². The lowest BCUT2D eigenvalue weighted by atomic mass is 10.1. The van der Waals surface area contributed by atoms with Crippen molar-refractivity contribution >= 4 is 12.1 Å².